The number of nitrogens with one attached hydrogen (secondary N) is 1. The molecular formula is C15H29IN4O3. The van der Waals surface area contributed by atoms with E-state index in [1.807, 2.05) is 23.6 Å². The molecule has 0 aromatic rings. The number of esters is 1. The molecule has 1 fully saturated rings. The van der Waals surface area contributed by atoms with Gasteiger partial charge in [0.25, 0.3) is 0 Å². The number of piperazine rings is 1. The first kappa shape index (κ1) is 21.9. The van der Waals surface area contributed by atoms with Crippen molar-refractivity contribution in [3.63, 3.8) is 0 Å². The van der Waals surface area contributed by atoms with Crippen LogP contribution in [0.2, 0.25) is 0 Å². The molecule has 134 valence electrons. The van der Waals surface area contributed by atoms with Crippen molar-refractivity contribution < 1.29 is 14.3 Å². The Bertz CT molecular complexity index is 452. The van der Waals surface area contributed by atoms with E-state index in [1.54, 1.807) is 7.05 Å². The number of methoxy groups -OCH3 is 1. The number of hydrogen-bond donors (Lipinski definition) is 1. The van der Waals surface area contributed by atoms with Gasteiger partial charge in [0.05, 0.1) is 25.6 Å². The molecule has 7 nitrogen and oxygen atoms in total. The molecule has 0 aliphatic carbocycles. The number of guanidine groups is 1. The van der Waals surface area contributed by atoms with Crippen molar-refractivity contribution in [3.05, 3.63) is 0 Å². The molecule has 1 amide bonds. The van der Waals surface area contributed by atoms with Gasteiger partial charge in [0.2, 0.25) is 5.91 Å². The van der Waals surface area contributed by atoms with Gasteiger partial charge in [0, 0.05) is 26.2 Å². The van der Waals surface area contributed by atoms with Crippen molar-refractivity contribution >= 4 is 41.8 Å². The third-order valence-corrected chi connectivity index (χ3v) is 3.69. The Hall–Kier alpha value is -1.06. The zero-order valence-corrected chi connectivity index (χ0v) is 17.2. The van der Waals surface area contributed by atoms with Crippen molar-refractivity contribution in [1.82, 2.24) is 15.1 Å². The highest BCUT2D eigenvalue weighted by atomic mass is 127. The summed E-state index contributed by atoms with van der Waals surface area (Å²) in [6.45, 7) is 9.57. The van der Waals surface area contributed by atoms with Crippen LogP contribution in [0.15, 0.2) is 4.99 Å². The fraction of sp³-hybridized carbons (Fsp3) is 0.800. The van der Waals surface area contributed by atoms with Crippen LogP contribution in [0.4, 0.5) is 0 Å². The molecule has 1 heterocycles. The van der Waals surface area contributed by atoms with E-state index in [-0.39, 0.29) is 53.9 Å². The van der Waals surface area contributed by atoms with E-state index >= 15 is 0 Å². The number of ether oxygens (including phenoxy) is 1. The highest BCUT2D eigenvalue weighted by Crippen LogP contribution is 2.24. The summed E-state index contributed by atoms with van der Waals surface area (Å²) in [5, 5.41) is 3.11. The maximum atomic E-state index is 12.4. The van der Waals surface area contributed by atoms with E-state index in [1.165, 1.54) is 7.11 Å². The van der Waals surface area contributed by atoms with Crippen LogP contribution in [0.25, 0.3) is 0 Å². The molecule has 0 unspecified atom stereocenters. The second-order valence-electron chi connectivity index (χ2n) is 6.33. The molecule has 1 rings (SSSR count). The number of aliphatic imine (C=N–C) groups is 1. The van der Waals surface area contributed by atoms with Crippen molar-refractivity contribution in [2.24, 2.45) is 4.99 Å². The summed E-state index contributed by atoms with van der Waals surface area (Å²) in [4.78, 5) is 31.7. The Morgan fingerprint density at radius 1 is 1.43 bits per heavy atom. The number of carbonyl (C=O) groups is 2. The summed E-state index contributed by atoms with van der Waals surface area (Å²) in [6, 6.07) is 0.166. The minimum Gasteiger partial charge on any atom is -0.469 e. The van der Waals surface area contributed by atoms with Crippen molar-refractivity contribution in [2.75, 3.05) is 33.8 Å². The minimum absolute atomic E-state index is 0. The second-order valence-corrected chi connectivity index (χ2v) is 6.33. The van der Waals surface area contributed by atoms with Crippen LogP contribution in [0, 0.1) is 0 Å². The molecule has 0 saturated carbocycles. The van der Waals surface area contributed by atoms with E-state index in [0.717, 1.165) is 0 Å². The molecule has 0 atom stereocenters. The van der Waals surface area contributed by atoms with Gasteiger partial charge in [-0.25, -0.2) is 0 Å². The highest BCUT2D eigenvalue weighted by molar-refractivity contribution is 14.0. The lowest BCUT2D eigenvalue weighted by Gasteiger charge is -2.49. The Labute approximate surface area is 155 Å². The van der Waals surface area contributed by atoms with Crippen LogP contribution in [-0.4, -0.2) is 73.0 Å². The number of amides is 1. The number of rotatable bonds is 4. The molecule has 0 aromatic heterocycles. The maximum absolute atomic E-state index is 12.4. The average Bonchev–Trinajstić information content (AvgIpc) is 2.40. The molecule has 1 N–H and O–H groups in total. The van der Waals surface area contributed by atoms with Crippen molar-refractivity contribution in [1.29, 1.82) is 0 Å². The van der Waals surface area contributed by atoms with Gasteiger partial charge in [0.1, 0.15) is 0 Å². The first-order valence-electron chi connectivity index (χ1n) is 7.57. The van der Waals surface area contributed by atoms with E-state index in [2.05, 4.69) is 28.9 Å². The molecule has 0 aromatic carbocycles. The third-order valence-electron chi connectivity index (χ3n) is 3.69. The summed E-state index contributed by atoms with van der Waals surface area (Å²) in [7, 11) is 3.04. The van der Waals surface area contributed by atoms with Gasteiger partial charge in [-0.3, -0.25) is 14.6 Å². The Balaban J connectivity index is 0.00000484. The van der Waals surface area contributed by atoms with Gasteiger partial charge in [-0.1, -0.05) is 0 Å². The lowest BCUT2D eigenvalue weighted by molar-refractivity contribution is -0.145. The predicted molar refractivity (Wildman–Crippen MR) is 101 cm³/mol. The van der Waals surface area contributed by atoms with Gasteiger partial charge < -0.3 is 19.9 Å². The van der Waals surface area contributed by atoms with Crippen molar-refractivity contribution in [2.45, 2.75) is 45.7 Å². The molecule has 23 heavy (non-hydrogen) atoms. The summed E-state index contributed by atoms with van der Waals surface area (Å²) in [5.74, 6) is 0.444. The zero-order valence-electron chi connectivity index (χ0n) is 14.9. The molecule has 0 spiro atoms. The van der Waals surface area contributed by atoms with Crippen LogP contribution in [0.5, 0.6) is 0 Å². The number of carbonyl (C=O) groups excluding carboxylic acids is 2. The van der Waals surface area contributed by atoms with Crippen LogP contribution in [-0.2, 0) is 14.3 Å². The molecule has 1 aliphatic rings. The second kappa shape index (κ2) is 9.29. The van der Waals surface area contributed by atoms with E-state index in [0.29, 0.717) is 25.6 Å². The normalized spacial score (nSPS) is 17.9. The monoisotopic (exact) mass is 440 g/mol. The lowest BCUT2D eigenvalue weighted by atomic mass is 9.96. The third kappa shape index (κ3) is 5.82. The summed E-state index contributed by atoms with van der Waals surface area (Å²) < 4.78 is 4.61. The Kier molecular flexibility index (Phi) is 8.86. The van der Waals surface area contributed by atoms with E-state index < -0.39 is 0 Å². The van der Waals surface area contributed by atoms with Crippen LogP contribution in [0.3, 0.4) is 0 Å². The van der Waals surface area contributed by atoms with E-state index in [9.17, 15) is 9.59 Å². The summed E-state index contributed by atoms with van der Waals surface area (Å²) >= 11 is 0. The molecule has 0 radical (unpaired) electrons. The van der Waals surface area contributed by atoms with Crippen LogP contribution < -0.4 is 5.32 Å². The molecule has 1 aliphatic heterocycles. The molecule has 0 bridgehead atoms. The first-order chi connectivity index (χ1) is 10.2. The van der Waals surface area contributed by atoms with Crippen LogP contribution >= 0.6 is 24.0 Å². The summed E-state index contributed by atoms with van der Waals surface area (Å²) in [6.07, 6.45) is 0.263. The smallest absolute Gasteiger partial charge is 0.307 e. The minimum atomic E-state index is -0.274. The molecular weight excluding hydrogens is 411 g/mol. The fourth-order valence-corrected chi connectivity index (χ4v) is 3.02. The standard InChI is InChI=1S/C15H28N4O3.HI/c1-11(2)19-12(20)9-18(10-15(19,3)4)14(16-5)17-8-7-13(21)22-6;/h11H,7-10H2,1-6H3,(H,16,17);1H. The first-order valence-corrected chi connectivity index (χ1v) is 7.57. The number of halogens is 1. The lowest BCUT2D eigenvalue weighted by Crippen LogP contribution is -2.66. The maximum Gasteiger partial charge on any atom is 0.307 e. The average molecular weight is 440 g/mol. The molecule has 8 heteroatoms. The predicted octanol–water partition coefficient (Wildman–Crippen LogP) is 1.07. The molecule has 1 saturated heterocycles. The quantitative estimate of drug-likeness (QED) is 0.307. The van der Waals surface area contributed by atoms with Gasteiger partial charge in [-0.05, 0) is 27.7 Å². The Morgan fingerprint density at radius 2 is 2.04 bits per heavy atom. The SMILES string of the molecule is CN=C(NCCC(=O)OC)N1CC(=O)N(C(C)C)C(C)(C)C1.I. The van der Waals surface area contributed by atoms with Gasteiger partial charge >= 0.3 is 5.97 Å². The van der Waals surface area contributed by atoms with Gasteiger partial charge in [-0.2, -0.15) is 0 Å². The number of nitrogens with zero attached hydrogens (tertiary/aromatic N) is 3. The zero-order chi connectivity index (χ0) is 16.9. The number of hydrogen-bond acceptors (Lipinski definition) is 4. The summed E-state index contributed by atoms with van der Waals surface area (Å²) in [5.41, 5.74) is -0.274. The largest absolute Gasteiger partial charge is 0.469 e. The highest BCUT2D eigenvalue weighted by Gasteiger charge is 2.40. The van der Waals surface area contributed by atoms with Gasteiger partial charge in [0.15, 0.2) is 5.96 Å². The van der Waals surface area contributed by atoms with E-state index in [4.69, 9.17) is 0 Å². The van der Waals surface area contributed by atoms with Gasteiger partial charge in [-0.15, -0.1) is 24.0 Å². The Morgan fingerprint density at radius 3 is 2.48 bits per heavy atom. The van der Waals surface area contributed by atoms with Crippen molar-refractivity contribution in [3.8, 4) is 0 Å². The fourth-order valence-electron chi connectivity index (χ4n) is 3.02. The van der Waals surface area contributed by atoms with Crippen LogP contribution in [0.1, 0.15) is 34.1 Å². The topological polar surface area (TPSA) is 74.2 Å².